The molecule has 1 atom stereocenters. The number of para-hydroxylation sites is 1. The van der Waals surface area contributed by atoms with Crippen LogP contribution in [-0.2, 0) is 4.74 Å². The molecule has 1 aliphatic carbocycles. The van der Waals surface area contributed by atoms with Crippen LogP contribution in [0.4, 0.5) is 5.69 Å². The van der Waals surface area contributed by atoms with E-state index in [9.17, 15) is 4.79 Å². The number of benzene rings is 1. The zero-order valence-corrected chi connectivity index (χ0v) is 12.5. The highest BCUT2D eigenvalue weighted by Crippen LogP contribution is 2.49. The summed E-state index contributed by atoms with van der Waals surface area (Å²) in [4.78, 5) is 14.9. The average Bonchev–Trinajstić information content (AvgIpc) is 2.46. The van der Waals surface area contributed by atoms with Gasteiger partial charge >= 0.3 is 0 Å². The van der Waals surface area contributed by atoms with E-state index in [2.05, 4.69) is 12.2 Å². The second-order valence-corrected chi connectivity index (χ2v) is 6.56. The smallest absolute Gasteiger partial charge is 0.257 e. The molecular weight excluding hydrogens is 264 g/mol. The summed E-state index contributed by atoms with van der Waals surface area (Å²) in [7, 11) is 0. The van der Waals surface area contributed by atoms with Crippen LogP contribution in [0.2, 0.25) is 0 Å². The van der Waals surface area contributed by atoms with Crippen molar-refractivity contribution in [2.24, 2.45) is 0 Å². The molecular formula is C17H22N2O2. The minimum atomic E-state index is -0.265. The molecule has 21 heavy (non-hydrogen) atoms. The maximum atomic E-state index is 12.9. The van der Waals surface area contributed by atoms with Crippen LogP contribution >= 0.6 is 0 Å². The molecule has 4 rings (SSSR count). The molecule has 1 saturated heterocycles. The number of hydrogen-bond donors (Lipinski definition) is 1. The summed E-state index contributed by atoms with van der Waals surface area (Å²) >= 11 is 0. The van der Waals surface area contributed by atoms with Crippen LogP contribution in [0.1, 0.15) is 49.4 Å². The Hall–Kier alpha value is -1.55. The number of ether oxygens (including phenoxy) is 1. The van der Waals surface area contributed by atoms with Crippen molar-refractivity contribution in [3.05, 3.63) is 29.8 Å². The topological polar surface area (TPSA) is 41.6 Å². The standard InChI is InChI=1S/C17H22N2O2/c1-2-19-15(20)13-6-3-4-7-14(13)18-17(19)10-11-21-16(12-17)8-5-9-16/h3-4,6-7,18H,2,5,8-12H2,1H3. The maximum absolute atomic E-state index is 12.9. The maximum Gasteiger partial charge on any atom is 0.257 e. The highest BCUT2D eigenvalue weighted by atomic mass is 16.5. The molecule has 1 aromatic rings. The zero-order valence-electron chi connectivity index (χ0n) is 12.5. The molecule has 4 heteroatoms. The predicted molar refractivity (Wildman–Crippen MR) is 81.3 cm³/mol. The summed E-state index contributed by atoms with van der Waals surface area (Å²) in [6.45, 7) is 3.54. The van der Waals surface area contributed by atoms with Gasteiger partial charge in [0.25, 0.3) is 5.91 Å². The Labute approximate surface area is 125 Å². The van der Waals surface area contributed by atoms with Gasteiger partial charge in [0.2, 0.25) is 0 Å². The lowest BCUT2D eigenvalue weighted by atomic mass is 9.70. The van der Waals surface area contributed by atoms with Crippen molar-refractivity contribution in [1.82, 2.24) is 4.90 Å². The number of nitrogens with one attached hydrogen (secondary N) is 1. The fraction of sp³-hybridized carbons (Fsp3) is 0.588. The molecule has 1 unspecified atom stereocenters. The molecule has 3 aliphatic rings. The number of hydrogen-bond acceptors (Lipinski definition) is 3. The van der Waals surface area contributed by atoms with Gasteiger partial charge in [0, 0.05) is 25.1 Å². The molecule has 1 N–H and O–H groups in total. The first-order valence-corrected chi connectivity index (χ1v) is 8.01. The van der Waals surface area contributed by atoms with Crippen LogP contribution in [0, 0.1) is 0 Å². The fourth-order valence-electron chi connectivity index (χ4n) is 4.22. The third-order valence-electron chi connectivity index (χ3n) is 5.41. The van der Waals surface area contributed by atoms with Gasteiger partial charge in [-0.3, -0.25) is 4.79 Å². The lowest BCUT2D eigenvalue weighted by Crippen LogP contribution is -2.66. The van der Waals surface area contributed by atoms with E-state index in [-0.39, 0.29) is 17.2 Å². The summed E-state index contributed by atoms with van der Waals surface area (Å²) in [5.41, 5.74) is 1.51. The number of carbonyl (C=O) groups excluding carboxylic acids is 1. The lowest BCUT2D eigenvalue weighted by molar-refractivity contribution is -0.163. The van der Waals surface area contributed by atoms with Crippen molar-refractivity contribution in [2.45, 2.75) is 50.3 Å². The fourth-order valence-corrected chi connectivity index (χ4v) is 4.22. The number of carbonyl (C=O) groups is 1. The minimum absolute atomic E-state index is 0.00519. The third kappa shape index (κ3) is 1.81. The SMILES string of the molecule is CCN1C(=O)c2ccccc2NC12CCOC1(CCC1)C2. The normalized spacial score (nSPS) is 30.0. The second-order valence-electron chi connectivity index (χ2n) is 6.56. The Bertz CT molecular complexity index is 582. The van der Waals surface area contributed by atoms with Crippen LogP contribution in [0.5, 0.6) is 0 Å². The second kappa shape index (κ2) is 4.47. The van der Waals surface area contributed by atoms with Gasteiger partial charge in [-0.15, -0.1) is 0 Å². The largest absolute Gasteiger partial charge is 0.375 e. The predicted octanol–water partition coefficient (Wildman–Crippen LogP) is 3.00. The first-order chi connectivity index (χ1) is 10.2. The van der Waals surface area contributed by atoms with Gasteiger partial charge in [-0.25, -0.2) is 0 Å². The molecule has 4 nitrogen and oxygen atoms in total. The number of rotatable bonds is 1. The summed E-state index contributed by atoms with van der Waals surface area (Å²) in [5, 5.41) is 3.69. The quantitative estimate of drug-likeness (QED) is 0.863. The summed E-state index contributed by atoms with van der Waals surface area (Å²) in [6, 6.07) is 7.86. The number of amides is 1. The average molecular weight is 286 g/mol. The van der Waals surface area contributed by atoms with E-state index in [0.29, 0.717) is 0 Å². The van der Waals surface area contributed by atoms with Crippen molar-refractivity contribution in [3.63, 3.8) is 0 Å². The van der Waals surface area contributed by atoms with Crippen LogP contribution in [-0.4, -0.2) is 35.2 Å². The van der Waals surface area contributed by atoms with Gasteiger partial charge in [-0.1, -0.05) is 12.1 Å². The Morgan fingerprint density at radius 3 is 2.81 bits per heavy atom. The molecule has 2 aliphatic heterocycles. The van der Waals surface area contributed by atoms with Gasteiger partial charge in [0.1, 0.15) is 5.66 Å². The summed E-state index contributed by atoms with van der Waals surface area (Å²) in [6.07, 6.45) is 5.27. The van der Waals surface area contributed by atoms with Crippen LogP contribution in [0.25, 0.3) is 0 Å². The van der Waals surface area contributed by atoms with E-state index in [1.54, 1.807) is 0 Å². The highest BCUT2D eigenvalue weighted by Gasteiger charge is 2.54. The number of nitrogens with zero attached hydrogens (tertiary/aromatic N) is 1. The van der Waals surface area contributed by atoms with E-state index >= 15 is 0 Å². The molecule has 1 aromatic carbocycles. The number of anilines is 1. The van der Waals surface area contributed by atoms with Crippen LogP contribution in [0.15, 0.2) is 24.3 Å². The Morgan fingerprint density at radius 2 is 2.10 bits per heavy atom. The van der Waals surface area contributed by atoms with E-state index in [4.69, 9.17) is 4.74 Å². The highest BCUT2D eigenvalue weighted by molar-refractivity contribution is 6.02. The van der Waals surface area contributed by atoms with E-state index in [1.165, 1.54) is 6.42 Å². The van der Waals surface area contributed by atoms with Crippen molar-refractivity contribution in [3.8, 4) is 0 Å². The Kier molecular flexibility index (Phi) is 2.80. The molecule has 0 radical (unpaired) electrons. The monoisotopic (exact) mass is 286 g/mol. The van der Waals surface area contributed by atoms with Crippen molar-refractivity contribution < 1.29 is 9.53 Å². The van der Waals surface area contributed by atoms with Crippen molar-refractivity contribution in [1.29, 1.82) is 0 Å². The van der Waals surface area contributed by atoms with Gasteiger partial charge < -0.3 is 15.0 Å². The molecule has 1 saturated carbocycles. The summed E-state index contributed by atoms with van der Waals surface area (Å²) < 4.78 is 6.07. The first-order valence-electron chi connectivity index (χ1n) is 8.01. The summed E-state index contributed by atoms with van der Waals surface area (Å²) in [5.74, 6) is 0.156. The molecule has 112 valence electrons. The van der Waals surface area contributed by atoms with Crippen LogP contribution < -0.4 is 5.32 Å². The third-order valence-corrected chi connectivity index (χ3v) is 5.41. The molecule has 2 heterocycles. The zero-order chi connectivity index (χ0) is 14.5. The first kappa shape index (κ1) is 13.1. The van der Waals surface area contributed by atoms with Gasteiger partial charge in [-0.2, -0.15) is 0 Å². The van der Waals surface area contributed by atoms with Gasteiger partial charge in [0.05, 0.1) is 17.8 Å². The van der Waals surface area contributed by atoms with E-state index in [0.717, 1.165) is 50.1 Å². The Morgan fingerprint density at radius 1 is 1.29 bits per heavy atom. The molecule has 0 bridgehead atoms. The van der Waals surface area contributed by atoms with E-state index in [1.807, 2.05) is 29.2 Å². The molecule has 1 amide bonds. The van der Waals surface area contributed by atoms with E-state index < -0.39 is 0 Å². The van der Waals surface area contributed by atoms with Crippen molar-refractivity contribution in [2.75, 3.05) is 18.5 Å². The minimum Gasteiger partial charge on any atom is -0.375 e. The number of fused-ring (bicyclic) bond motifs is 1. The Balaban J connectivity index is 1.75. The van der Waals surface area contributed by atoms with Crippen molar-refractivity contribution >= 4 is 11.6 Å². The van der Waals surface area contributed by atoms with Gasteiger partial charge in [0.15, 0.2) is 0 Å². The molecule has 2 spiro atoms. The molecule has 2 fully saturated rings. The lowest BCUT2D eigenvalue weighted by Gasteiger charge is -2.57. The molecule has 0 aromatic heterocycles. The van der Waals surface area contributed by atoms with Crippen LogP contribution in [0.3, 0.4) is 0 Å². The van der Waals surface area contributed by atoms with Gasteiger partial charge in [-0.05, 0) is 38.3 Å².